The standard InChI is InChI=1S/C24H28N4O2/c1-4-30-21-12-11-19(14-17(21)3)24(29)25-20-15-18(10-9-16(20)2)23-27-26-22-8-6-5-7-13-28(22)23/h9-12,14-15H,4-8,13H2,1-3H3,(H,25,29). The second kappa shape index (κ2) is 8.69. The van der Waals surface area contributed by atoms with Gasteiger partial charge in [0.25, 0.3) is 5.91 Å². The molecule has 0 aliphatic carbocycles. The fraction of sp³-hybridized carbons (Fsp3) is 0.375. The first-order valence-corrected chi connectivity index (χ1v) is 10.6. The van der Waals surface area contributed by atoms with Gasteiger partial charge in [-0.2, -0.15) is 0 Å². The zero-order valence-electron chi connectivity index (χ0n) is 17.9. The molecule has 4 rings (SSSR count). The van der Waals surface area contributed by atoms with Crippen molar-refractivity contribution in [3.63, 3.8) is 0 Å². The number of rotatable bonds is 5. The number of hydrogen-bond donors (Lipinski definition) is 1. The SMILES string of the molecule is CCOc1ccc(C(=O)Nc2cc(-c3nnc4n3CCCCC4)ccc2C)cc1C. The Bertz CT molecular complexity index is 1070. The van der Waals surface area contributed by atoms with Gasteiger partial charge in [0.2, 0.25) is 0 Å². The Morgan fingerprint density at radius 1 is 1.07 bits per heavy atom. The van der Waals surface area contributed by atoms with Crippen molar-refractivity contribution >= 4 is 11.6 Å². The van der Waals surface area contributed by atoms with Crippen molar-refractivity contribution in [2.24, 2.45) is 0 Å². The number of fused-ring (bicyclic) bond motifs is 1. The van der Waals surface area contributed by atoms with E-state index in [2.05, 4.69) is 20.1 Å². The summed E-state index contributed by atoms with van der Waals surface area (Å²) >= 11 is 0. The van der Waals surface area contributed by atoms with Crippen LogP contribution >= 0.6 is 0 Å². The minimum absolute atomic E-state index is 0.138. The van der Waals surface area contributed by atoms with Gasteiger partial charge in [-0.1, -0.05) is 18.6 Å². The minimum atomic E-state index is -0.138. The maximum Gasteiger partial charge on any atom is 0.255 e. The maximum absolute atomic E-state index is 12.9. The van der Waals surface area contributed by atoms with Gasteiger partial charge in [0, 0.05) is 29.8 Å². The van der Waals surface area contributed by atoms with Gasteiger partial charge in [0.05, 0.1) is 6.61 Å². The summed E-state index contributed by atoms with van der Waals surface area (Å²) in [4.78, 5) is 12.9. The number of aromatic nitrogens is 3. The number of carbonyl (C=O) groups excluding carboxylic acids is 1. The molecule has 0 radical (unpaired) electrons. The predicted molar refractivity (Wildman–Crippen MR) is 118 cm³/mol. The quantitative estimate of drug-likeness (QED) is 0.654. The first-order valence-electron chi connectivity index (χ1n) is 10.6. The molecule has 1 aliphatic rings. The average Bonchev–Trinajstić information content (AvgIpc) is 2.99. The Kier molecular flexibility index (Phi) is 5.84. The van der Waals surface area contributed by atoms with Gasteiger partial charge < -0.3 is 14.6 Å². The van der Waals surface area contributed by atoms with Crippen LogP contribution in [0.2, 0.25) is 0 Å². The first-order chi connectivity index (χ1) is 14.6. The fourth-order valence-electron chi connectivity index (χ4n) is 3.90. The van der Waals surface area contributed by atoms with Crippen LogP contribution in [0, 0.1) is 13.8 Å². The van der Waals surface area contributed by atoms with Crippen LogP contribution in [-0.4, -0.2) is 27.3 Å². The third-order valence-electron chi connectivity index (χ3n) is 5.59. The summed E-state index contributed by atoms with van der Waals surface area (Å²) in [5.74, 6) is 2.60. The van der Waals surface area contributed by atoms with Gasteiger partial charge in [-0.15, -0.1) is 10.2 Å². The highest BCUT2D eigenvalue weighted by atomic mass is 16.5. The van der Waals surface area contributed by atoms with Gasteiger partial charge in [0.15, 0.2) is 5.82 Å². The number of carbonyl (C=O) groups is 1. The lowest BCUT2D eigenvalue weighted by atomic mass is 10.1. The molecule has 6 nitrogen and oxygen atoms in total. The summed E-state index contributed by atoms with van der Waals surface area (Å²) in [5, 5.41) is 11.9. The van der Waals surface area contributed by atoms with E-state index in [1.807, 2.05) is 51.1 Å². The second-order valence-corrected chi connectivity index (χ2v) is 7.80. The molecular formula is C24H28N4O2. The van der Waals surface area contributed by atoms with Gasteiger partial charge in [0.1, 0.15) is 11.6 Å². The molecule has 0 bridgehead atoms. The molecule has 30 heavy (non-hydrogen) atoms. The summed E-state index contributed by atoms with van der Waals surface area (Å²) in [6.07, 6.45) is 4.50. The molecule has 3 aromatic rings. The topological polar surface area (TPSA) is 69.0 Å². The van der Waals surface area contributed by atoms with Crippen molar-refractivity contribution in [2.75, 3.05) is 11.9 Å². The Hall–Kier alpha value is -3.15. The number of aryl methyl sites for hydroxylation is 3. The van der Waals surface area contributed by atoms with E-state index in [0.717, 1.165) is 65.6 Å². The van der Waals surface area contributed by atoms with Crippen LogP contribution < -0.4 is 10.1 Å². The van der Waals surface area contributed by atoms with Crippen molar-refractivity contribution < 1.29 is 9.53 Å². The molecule has 0 unspecified atom stereocenters. The molecule has 2 aromatic carbocycles. The number of amides is 1. The van der Waals surface area contributed by atoms with Crippen LogP contribution in [-0.2, 0) is 13.0 Å². The molecule has 1 amide bonds. The smallest absolute Gasteiger partial charge is 0.255 e. The Labute approximate surface area is 177 Å². The molecule has 1 N–H and O–H groups in total. The Morgan fingerprint density at radius 2 is 1.93 bits per heavy atom. The molecule has 0 saturated carbocycles. The van der Waals surface area contributed by atoms with Gasteiger partial charge in [-0.3, -0.25) is 4.79 Å². The normalized spacial score (nSPS) is 13.4. The zero-order chi connectivity index (χ0) is 21.1. The van der Waals surface area contributed by atoms with Gasteiger partial charge in [-0.05, 0) is 69.0 Å². The average molecular weight is 405 g/mol. The lowest BCUT2D eigenvalue weighted by Crippen LogP contribution is -2.13. The summed E-state index contributed by atoms with van der Waals surface area (Å²) in [6.45, 7) is 7.44. The van der Waals surface area contributed by atoms with Crippen molar-refractivity contribution in [3.8, 4) is 17.1 Å². The molecular weight excluding hydrogens is 376 g/mol. The van der Waals surface area contributed by atoms with E-state index in [4.69, 9.17) is 4.74 Å². The van der Waals surface area contributed by atoms with E-state index >= 15 is 0 Å². The van der Waals surface area contributed by atoms with Crippen molar-refractivity contribution in [1.82, 2.24) is 14.8 Å². The number of anilines is 1. The number of benzene rings is 2. The van der Waals surface area contributed by atoms with E-state index in [-0.39, 0.29) is 5.91 Å². The maximum atomic E-state index is 12.9. The van der Waals surface area contributed by atoms with E-state index in [0.29, 0.717) is 12.2 Å². The largest absolute Gasteiger partial charge is 0.494 e. The fourth-order valence-corrected chi connectivity index (χ4v) is 3.90. The van der Waals surface area contributed by atoms with Crippen LogP contribution in [0.3, 0.4) is 0 Å². The molecule has 0 spiro atoms. The third-order valence-corrected chi connectivity index (χ3v) is 5.59. The highest BCUT2D eigenvalue weighted by Gasteiger charge is 2.17. The number of nitrogens with zero attached hydrogens (tertiary/aromatic N) is 3. The molecule has 0 saturated heterocycles. The number of nitrogens with one attached hydrogen (secondary N) is 1. The molecule has 2 heterocycles. The summed E-state index contributed by atoms with van der Waals surface area (Å²) in [6, 6.07) is 11.6. The van der Waals surface area contributed by atoms with Crippen molar-refractivity contribution in [3.05, 3.63) is 58.9 Å². The van der Waals surface area contributed by atoms with Crippen LogP contribution in [0.4, 0.5) is 5.69 Å². The van der Waals surface area contributed by atoms with Crippen LogP contribution in [0.1, 0.15) is 53.5 Å². The Morgan fingerprint density at radius 3 is 2.73 bits per heavy atom. The van der Waals surface area contributed by atoms with E-state index in [1.54, 1.807) is 6.07 Å². The molecule has 1 aromatic heterocycles. The molecule has 0 fully saturated rings. The third kappa shape index (κ3) is 4.08. The number of hydrogen-bond acceptors (Lipinski definition) is 4. The van der Waals surface area contributed by atoms with Crippen molar-refractivity contribution in [2.45, 2.75) is 53.0 Å². The lowest BCUT2D eigenvalue weighted by Gasteiger charge is -2.13. The second-order valence-electron chi connectivity index (χ2n) is 7.80. The molecule has 0 atom stereocenters. The van der Waals surface area contributed by atoms with Crippen LogP contribution in [0.15, 0.2) is 36.4 Å². The predicted octanol–water partition coefficient (Wildman–Crippen LogP) is 4.94. The molecule has 6 heteroatoms. The minimum Gasteiger partial charge on any atom is -0.494 e. The van der Waals surface area contributed by atoms with Crippen LogP contribution in [0.5, 0.6) is 5.75 Å². The zero-order valence-corrected chi connectivity index (χ0v) is 17.9. The lowest BCUT2D eigenvalue weighted by molar-refractivity contribution is 0.102. The highest BCUT2D eigenvalue weighted by molar-refractivity contribution is 6.05. The summed E-state index contributed by atoms with van der Waals surface area (Å²) in [7, 11) is 0. The first kappa shape index (κ1) is 20.1. The van der Waals surface area contributed by atoms with Crippen LogP contribution in [0.25, 0.3) is 11.4 Å². The Balaban J connectivity index is 1.59. The van der Waals surface area contributed by atoms with Gasteiger partial charge >= 0.3 is 0 Å². The summed E-state index contributed by atoms with van der Waals surface area (Å²) in [5.41, 5.74) is 4.32. The summed E-state index contributed by atoms with van der Waals surface area (Å²) < 4.78 is 7.79. The highest BCUT2D eigenvalue weighted by Crippen LogP contribution is 2.27. The number of ether oxygens (including phenoxy) is 1. The molecule has 156 valence electrons. The van der Waals surface area contributed by atoms with Gasteiger partial charge in [-0.25, -0.2) is 0 Å². The van der Waals surface area contributed by atoms with E-state index < -0.39 is 0 Å². The van der Waals surface area contributed by atoms with E-state index in [9.17, 15) is 4.79 Å². The van der Waals surface area contributed by atoms with Crippen molar-refractivity contribution in [1.29, 1.82) is 0 Å². The van der Waals surface area contributed by atoms with E-state index in [1.165, 1.54) is 6.42 Å². The molecule has 1 aliphatic heterocycles. The monoisotopic (exact) mass is 404 g/mol.